The normalized spacial score (nSPS) is 10.5. The van der Waals surface area contributed by atoms with Crippen LogP contribution in [0, 0.1) is 17.5 Å². The van der Waals surface area contributed by atoms with E-state index in [2.05, 4.69) is 21.2 Å². The number of halogens is 4. The minimum Gasteiger partial charge on any atom is -0.322 e. The lowest BCUT2D eigenvalue weighted by molar-refractivity contribution is 0.102. The van der Waals surface area contributed by atoms with Crippen LogP contribution in [0.1, 0.15) is 15.9 Å². The Balaban J connectivity index is 2.14. The maximum atomic E-state index is 13.1. The number of hydrogen-bond donors (Lipinski definition) is 1. The highest BCUT2D eigenvalue weighted by Crippen LogP contribution is 2.16. The van der Waals surface area contributed by atoms with Gasteiger partial charge in [0.15, 0.2) is 17.5 Å². The Labute approximate surface area is 128 Å². The van der Waals surface area contributed by atoms with Gasteiger partial charge >= 0.3 is 0 Å². The highest BCUT2D eigenvalue weighted by atomic mass is 79.9. The van der Waals surface area contributed by atoms with Crippen molar-refractivity contribution >= 4 is 27.5 Å². The van der Waals surface area contributed by atoms with Crippen LogP contribution in [0.15, 0.2) is 36.4 Å². The molecule has 1 amide bonds. The zero-order valence-corrected chi connectivity index (χ0v) is 12.4. The van der Waals surface area contributed by atoms with Crippen LogP contribution in [-0.4, -0.2) is 11.2 Å². The molecule has 110 valence electrons. The Bertz CT molecular complexity index is 635. The van der Waals surface area contributed by atoms with Crippen molar-refractivity contribution in [3.05, 3.63) is 65.0 Å². The van der Waals surface area contributed by atoms with Crippen molar-refractivity contribution in [2.24, 2.45) is 0 Å². The fourth-order valence-corrected chi connectivity index (χ4v) is 2.21. The molecule has 2 rings (SSSR count). The number of carbonyl (C=O) groups is 1. The van der Waals surface area contributed by atoms with Crippen LogP contribution in [0.3, 0.4) is 0 Å². The highest BCUT2D eigenvalue weighted by Gasteiger charge is 2.15. The molecular formula is C15H11BrF3NO. The fraction of sp³-hybridized carbons (Fsp3) is 0.133. The molecule has 2 aromatic carbocycles. The molecule has 0 heterocycles. The second-order valence-electron chi connectivity index (χ2n) is 4.34. The molecule has 2 nitrogen and oxygen atoms in total. The molecule has 6 heteroatoms. The van der Waals surface area contributed by atoms with Crippen LogP contribution in [-0.2, 0) is 6.42 Å². The summed E-state index contributed by atoms with van der Waals surface area (Å²) in [6.45, 7) is 0. The van der Waals surface area contributed by atoms with Crippen molar-refractivity contribution in [2.75, 3.05) is 10.6 Å². The highest BCUT2D eigenvalue weighted by molar-refractivity contribution is 9.09. The first-order chi connectivity index (χ1) is 10.0. The summed E-state index contributed by atoms with van der Waals surface area (Å²) >= 11 is 3.32. The maximum absolute atomic E-state index is 13.1. The second-order valence-corrected chi connectivity index (χ2v) is 5.14. The molecule has 0 aliphatic carbocycles. The third-order valence-corrected chi connectivity index (χ3v) is 3.24. The van der Waals surface area contributed by atoms with E-state index < -0.39 is 23.4 Å². The fourth-order valence-electron chi connectivity index (χ4n) is 1.75. The first-order valence-corrected chi connectivity index (χ1v) is 7.24. The molecule has 21 heavy (non-hydrogen) atoms. The van der Waals surface area contributed by atoms with Crippen LogP contribution in [0.2, 0.25) is 0 Å². The molecule has 0 saturated carbocycles. The lowest BCUT2D eigenvalue weighted by atomic mass is 10.1. The molecular weight excluding hydrogens is 347 g/mol. The average molecular weight is 358 g/mol. The number of amides is 1. The Hall–Kier alpha value is -1.82. The third-order valence-electron chi connectivity index (χ3n) is 2.84. The molecule has 0 aliphatic heterocycles. The van der Waals surface area contributed by atoms with E-state index in [0.29, 0.717) is 17.8 Å². The van der Waals surface area contributed by atoms with E-state index in [9.17, 15) is 18.0 Å². The monoisotopic (exact) mass is 357 g/mol. The minimum absolute atomic E-state index is 0.282. The van der Waals surface area contributed by atoms with E-state index >= 15 is 0 Å². The molecule has 1 N–H and O–H groups in total. The average Bonchev–Trinajstić information content (AvgIpc) is 2.46. The summed E-state index contributed by atoms with van der Waals surface area (Å²) in [5.74, 6) is -5.09. The standard InChI is InChI=1S/C15H11BrF3NO/c16-6-5-9-1-3-11(4-2-9)20-15(21)10-7-12(17)14(19)13(18)8-10/h1-4,7-8H,5-6H2,(H,20,21). The molecule has 0 atom stereocenters. The molecule has 0 unspecified atom stereocenters. The summed E-state index contributed by atoms with van der Waals surface area (Å²) in [7, 11) is 0. The first kappa shape index (κ1) is 15.6. The number of aryl methyl sites for hydroxylation is 1. The van der Waals surface area contributed by atoms with Crippen molar-refractivity contribution in [1.29, 1.82) is 0 Å². The number of anilines is 1. The Morgan fingerprint density at radius 2 is 1.62 bits per heavy atom. The van der Waals surface area contributed by atoms with Gasteiger partial charge in [-0.15, -0.1) is 0 Å². The zero-order chi connectivity index (χ0) is 15.4. The number of carbonyl (C=O) groups excluding carboxylic acids is 1. The lowest BCUT2D eigenvalue weighted by Crippen LogP contribution is -2.13. The predicted molar refractivity (Wildman–Crippen MR) is 78.2 cm³/mol. The molecule has 0 radical (unpaired) electrons. The van der Waals surface area contributed by atoms with E-state index in [1.54, 1.807) is 12.1 Å². The summed E-state index contributed by atoms with van der Waals surface area (Å²) < 4.78 is 39.0. The van der Waals surface area contributed by atoms with Crippen molar-refractivity contribution in [3.8, 4) is 0 Å². The van der Waals surface area contributed by atoms with E-state index in [-0.39, 0.29) is 5.56 Å². The van der Waals surface area contributed by atoms with Gasteiger partial charge in [-0.1, -0.05) is 28.1 Å². The van der Waals surface area contributed by atoms with E-state index in [1.807, 2.05) is 12.1 Å². The molecule has 0 aromatic heterocycles. The summed E-state index contributed by atoms with van der Waals surface area (Å²) in [5, 5.41) is 3.32. The quantitative estimate of drug-likeness (QED) is 0.641. The minimum atomic E-state index is -1.59. The smallest absolute Gasteiger partial charge is 0.255 e. The van der Waals surface area contributed by atoms with Gasteiger partial charge in [0.2, 0.25) is 0 Å². The second kappa shape index (κ2) is 6.76. The number of rotatable bonds is 4. The largest absolute Gasteiger partial charge is 0.322 e. The van der Waals surface area contributed by atoms with E-state index in [0.717, 1.165) is 17.3 Å². The zero-order valence-electron chi connectivity index (χ0n) is 10.8. The topological polar surface area (TPSA) is 29.1 Å². The predicted octanol–water partition coefficient (Wildman–Crippen LogP) is 4.29. The van der Waals surface area contributed by atoms with Gasteiger partial charge < -0.3 is 5.32 Å². The Kier molecular flexibility index (Phi) is 5.01. The van der Waals surface area contributed by atoms with Crippen LogP contribution in [0.4, 0.5) is 18.9 Å². The van der Waals surface area contributed by atoms with Crippen LogP contribution in [0.25, 0.3) is 0 Å². The number of benzene rings is 2. The van der Waals surface area contributed by atoms with Crippen molar-refractivity contribution in [2.45, 2.75) is 6.42 Å². The van der Waals surface area contributed by atoms with Crippen molar-refractivity contribution < 1.29 is 18.0 Å². The van der Waals surface area contributed by atoms with Crippen LogP contribution in [0.5, 0.6) is 0 Å². The van der Waals surface area contributed by atoms with Gasteiger partial charge in [0.25, 0.3) is 5.91 Å². The summed E-state index contributed by atoms with van der Waals surface area (Å²) in [6.07, 6.45) is 0.850. The summed E-state index contributed by atoms with van der Waals surface area (Å²) in [5.41, 5.74) is 1.29. The SMILES string of the molecule is O=C(Nc1ccc(CCBr)cc1)c1cc(F)c(F)c(F)c1. The Morgan fingerprint density at radius 3 is 2.14 bits per heavy atom. The van der Waals surface area contributed by atoms with Gasteiger partial charge in [-0.3, -0.25) is 4.79 Å². The van der Waals surface area contributed by atoms with Gasteiger partial charge in [0, 0.05) is 16.6 Å². The molecule has 0 fully saturated rings. The number of hydrogen-bond acceptors (Lipinski definition) is 1. The van der Waals surface area contributed by atoms with Crippen LogP contribution >= 0.6 is 15.9 Å². The van der Waals surface area contributed by atoms with Gasteiger partial charge in [0.1, 0.15) is 0 Å². The third kappa shape index (κ3) is 3.85. The maximum Gasteiger partial charge on any atom is 0.255 e. The molecule has 0 bridgehead atoms. The van der Waals surface area contributed by atoms with E-state index in [4.69, 9.17) is 0 Å². The number of nitrogens with one attached hydrogen (secondary N) is 1. The molecule has 0 spiro atoms. The first-order valence-electron chi connectivity index (χ1n) is 6.12. The Morgan fingerprint density at radius 1 is 1.05 bits per heavy atom. The molecule has 0 saturated heterocycles. The molecule has 2 aromatic rings. The van der Waals surface area contributed by atoms with Crippen molar-refractivity contribution in [3.63, 3.8) is 0 Å². The van der Waals surface area contributed by atoms with Gasteiger partial charge in [-0.2, -0.15) is 0 Å². The number of alkyl halides is 1. The van der Waals surface area contributed by atoms with Gasteiger partial charge in [0.05, 0.1) is 0 Å². The van der Waals surface area contributed by atoms with Crippen molar-refractivity contribution in [1.82, 2.24) is 0 Å². The summed E-state index contributed by atoms with van der Waals surface area (Å²) in [4.78, 5) is 11.9. The van der Waals surface area contributed by atoms with E-state index in [1.165, 1.54) is 0 Å². The van der Waals surface area contributed by atoms with Crippen LogP contribution < -0.4 is 5.32 Å². The summed E-state index contributed by atoms with van der Waals surface area (Å²) in [6, 6.07) is 8.36. The molecule has 0 aliphatic rings. The van der Waals surface area contributed by atoms with Gasteiger partial charge in [-0.05, 0) is 36.2 Å². The lowest BCUT2D eigenvalue weighted by Gasteiger charge is -2.07. The van der Waals surface area contributed by atoms with Gasteiger partial charge in [-0.25, -0.2) is 13.2 Å².